The van der Waals surface area contributed by atoms with Crippen LogP contribution in [0.3, 0.4) is 0 Å². The van der Waals surface area contributed by atoms with Gasteiger partial charge in [-0.25, -0.2) is 4.98 Å². The average molecular weight is 368 g/mol. The third-order valence-corrected chi connectivity index (χ3v) is 6.46. The summed E-state index contributed by atoms with van der Waals surface area (Å²) in [5, 5.41) is 13.0. The number of hydrogen-bond donors (Lipinski definition) is 2. The van der Waals surface area contributed by atoms with Crippen molar-refractivity contribution in [2.75, 3.05) is 5.32 Å². The second kappa shape index (κ2) is 6.68. The highest BCUT2D eigenvalue weighted by molar-refractivity contribution is 7.16. The number of aromatic nitrogens is 1. The molecular formula is C20H20N2O3S. The summed E-state index contributed by atoms with van der Waals surface area (Å²) >= 11 is 1.46. The zero-order valence-corrected chi connectivity index (χ0v) is 15.2. The molecule has 2 N–H and O–H groups in total. The Labute approximate surface area is 155 Å². The lowest BCUT2D eigenvalue weighted by atomic mass is 9.82. The Balaban J connectivity index is 1.58. The van der Waals surface area contributed by atoms with Crippen molar-refractivity contribution in [1.82, 2.24) is 4.98 Å². The van der Waals surface area contributed by atoms with Crippen molar-refractivity contribution in [2.24, 2.45) is 23.7 Å². The third kappa shape index (κ3) is 2.84. The Morgan fingerprint density at radius 2 is 1.88 bits per heavy atom. The van der Waals surface area contributed by atoms with Gasteiger partial charge in [0.1, 0.15) is 0 Å². The normalized spacial score (nSPS) is 26.2. The van der Waals surface area contributed by atoms with Crippen molar-refractivity contribution < 1.29 is 14.7 Å². The summed E-state index contributed by atoms with van der Waals surface area (Å²) < 4.78 is 0. The molecular weight excluding hydrogens is 348 g/mol. The number of hydrogen-bond acceptors (Lipinski definition) is 4. The van der Waals surface area contributed by atoms with E-state index in [1.165, 1.54) is 11.3 Å². The maximum Gasteiger partial charge on any atom is 0.307 e. The van der Waals surface area contributed by atoms with Crippen LogP contribution in [0.4, 0.5) is 5.13 Å². The van der Waals surface area contributed by atoms with Crippen molar-refractivity contribution in [1.29, 1.82) is 0 Å². The second-order valence-electron chi connectivity index (χ2n) is 6.84. The Morgan fingerprint density at radius 3 is 2.54 bits per heavy atom. The molecule has 2 aliphatic carbocycles. The quantitative estimate of drug-likeness (QED) is 0.786. The van der Waals surface area contributed by atoms with Gasteiger partial charge in [-0.15, -0.1) is 11.3 Å². The van der Waals surface area contributed by atoms with Gasteiger partial charge in [-0.3, -0.25) is 9.59 Å². The number of nitrogens with one attached hydrogen (secondary N) is 1. The van der Waals surface area contributed by atoms with E-state index in [0.717, 1.165) is 29.0 Å². The molecule has 2 aliphatic rings. The van der Waals surface area contributed by atoms with Crippen LogP contribution in [-0.2, 0) is 16.0 Å². The Hall–Kier alpha value is -2.47. The monoisotopic (exact) mass is 368 g/mol. The van der Waals surface area contributed by atoms with E-state index < -0.39 is 17.8 Å². The van der Waals surface area contributed by atoms with Crippen molar-refractivity contribution in [3.63, 3.8) is 0 Å². The molecule has 2 bridgehead atoms. The van der Waals surface area contributed by atoms with E-state index in [1.54, 1.807) is 0 Å². The van der Waals surface area contributed by atoms with Crippen LogP contribution in [0, 0.1) is 23.7 Å². The Kier molecular flexibility index (Phi) is 4.36. The van der Waals surface area contributed by atoms with Crippen LogP contribution in [0.25, 0.3) is 11.3 Å². The zero-order valence-electron chi connectivity index (χ0n) is 14.4. The van der Waals surface area contributed by atoms with Crippen LogP contribution in [0.5, 0.6) is 0 Å². The van der Waals surface area contributed by atoms with Crippen LogP contribution in [0.15, 0.2) is 42.5 Å². The first-order valence-corrected chi connectivity index (χ1v) is 9.67. The van der Waals surface area contributed by atoms with E-state index in [1.807, 2.05) is 42.5 Å². The molecule has 1 saturated carbocycles. The first-order valence-electron chi connectivity index (χ1n) is 8.85. The molecule has 4 atom stereocenters. The van der Waals surface area contributed by atoms with Gasteiger partial charge in [-0.05, 0) is 24.7 Å². The molecule has 0 radical (unpaired) electrons. The summed E-state index contributed by atoms with van der Waals surface area (Å²) in [4.78, 5) is 30.2. The topological polar surface area (TPSA) is 79.3 Å². The molecule has 1 amide bonds. The molecule has 134 valence electrons. The predicted octanol–water partition coefficient (Wildman–Crippen LogP) is 3.83. The number of amides is 1. The van der Waals surface area contributed by atoms with Gasteiger partial charge in [0.05, 0.1) is 17.5 Å². The summed E-state index contributed by atoms with van der Waals surface area (Å²) in [5.41, 5.74) is 1.91. The lowest BCUT2D eigenvalue weighted by molar-refractivity contribution is -0.146. The number of allylic oxidation sites excluding steroid dienone is 2. The maximum atomic E-state index is 12.8. The highest BCUT2D eigenvalue weighted by atomic mass is 32.1. The van der Waals surface area contributed by atoms with E-state index in [9.17, 15) is 14.7 Å². The average Bonchev–Trinajstić information content (AvgIpc) is 3.35. The van der Waals surface area contributed by atoms with Crippen molar-refractivity contribution in [3.05, 3.63) is 47.4 Å². The second-order valence-corrected chi connectivity index (χ2v) is 7.92. The fourth-order valence-electron chi connectivity index (χ4n) is 4.17. The number of nitrogens with zero attached hydrogens (tertiary/aromatic N) is 1. The van der Waals surface area contributed by atoms with Gasteiger partial charge < -0.3 is 10.4 Å². The minimum absolute atomic E-state index is 0.0142. The minimum Gasteiger partial charge on any atom is -0.481 e. The van der Waals surface area contributed by atoms with Gasteiger partial charge in [-0.2, -0.15) is 0 Å². The zero-order chi connectivity index (χ0) is 18.3. The molecule has 0 saturated heterocycles. The SMILES string of the molecule is CCc1sc(NC(=O)[C@@H]2[C@H](C(=O)O)[C@H]3C=C[C@H]2C3)nc1-c1ccccc1. The van der Waals surface area contributed by atoms with E-state index >= 15 is 0 Å². The fourth-order valence-corrected chi connectivity index (χ4v) is 5.10. The number of rotatable bonds is 5. The third-order valence-electron chi connectivity index (χ3n) is 5.34. The van der Waals surface area contributed by atoms with Crippen LogP contribution < -0.4 is 5.32 Å². The van der Waals surface area contributed by atoms with Gasteiger partial charge in [0.15, 0.2) is 5.13 Å². The molecule has 0 aliphatic heterocycles. The van der Waals surface area contributed by atoms with Crippen LogP contribution in [0.2, 0.25) is 0 Å². The molecule has 4 rings (SSSR count). The van der Waals surface area contributed by atoms with Gasteiger partial charge in [0, 0.05) is 10.4 Å². The van der Waals surface area contributed by atoms with Gasteiger partial charge in [-0.1, -0.05) is 49.4 Å². The van der Waals surface area contributed by atoms with Gasteiger partial charge in [0.2, 0.25) is 5.91 Å². The number of anilines is 1. The van der Waals surface area contributed by atoms with Crippen molar-refractivity contribution in [2.45, 2.75) is 19.8 Å². The Bertz CT molecular complexity index is 874. The highest BCUT2D eigenvalue weighted by Crippen LogP contribution is 2.48. The predicted molar refractivity (Wildman–Crippen MR) is 101 cm³/mol. The largest absolute Gasteiger partial charge is 0.481 e. The minimum atomic E-state index is -0.889. The van der Waals surface area contributed by atoms with E-state index in [0.29, 0.717) is 5.13 Å². The molecule has 6 heteroatoms. The number of carbonyl (C=O) groups is 2. The molecule has 1 heterocycles. The molecule has 5 nitrogen and oxygen atoms in total. The van der Waals surface area contributed by atoms with E-state index in [2.05, 4.69) is 17.2 Å². The molecule has 0 spiro atoms. The first kappa shape index (κ1) is 17.0. The van der Waals surface area contributed by atoms with Gasteiger partial charge in [0.25, 0.3) is 0 Å². The highest BCUT2D eigenvalue weighted by Gasteiger charge is 2.51. The van der Waals surface area contributed by atoms with Crippen LogP contribution in [0.1, 0.15) is 18.2 Å². The van der Waals surface area contributed by atoms with Gasteiger partial charge >= 0.3 is 5.97 Å². The standard InChI is InChI=1S/C20H20N2O3S/c1-2-14-17(11-6-4-3-5-7-11)21-20(26-14)22-18(23)15-12-8-9-13(10-12)16(15)19(24)25/h3-9,12-13,15-16H,2,10H2,1H3,(H,24,25)(H,21,22,23)/t12-,13-,15-,16+/m0/s1. The summed E-state index contributed by atoms with van der Waals surface area (Å²) in [7, 11) is 0. The summed E-state index contributed by atoms with van der Waals surface area (Å²) in [6, 6.07) is 9.89. The van der Waals surface area contributed by atoms with E-state index in [-0.39, 0.29) is 17.7 Å². The van der Waals surface area contributed by atoms with E-state index in [4.69, 9.17) is 0 Å². The molecule has 1 aromatic carbocycles. The number of aryl methyl sites for hydroxylation is 1. The molecule has 1 aromatic heterocycles. The maximum absolute atomic E-state index is 12.8. The lowest BCUT2D eigenvalue weighted by Gasteiger charge is -2.23. The summed E-state index contributed by atoms with van der Waals surface area (Å²) in [6.07, 6.45) is 5.51. The lowest BCUT2D eigenvalue weighted by Crippen LogP contribution is -2.36. The first-order chi connectivity index (χ1) is 12.6. The number of fused-ring (bicyclic) bond motifs is 2. The number of benzene rings is 1. The smallest absolute Gasteiger partial charge is 0.307 e. The van der Waals surface area contributed by atoms with Crippen LogP contribution in [-0.4, -0.2) is 22.0 Å². The summed E-state index contributed by atoms with van der Waals surface area (Å²) in [6.45, 7) is 2.06. The number of carboxylic acids is 1. The molecule has 26 heavy (non-hydrogen) atoms. The number of thiazole rings is 1. The van der Waals surface area contributed by atoms with Crippen LogP contribution >= 0.6 is 11.3 Å². The number of aliphatic carboxylic acids is 1. The van der Waals surface area contributed by atoms with Crippen molar-refractivity contribution in [3.8, 4) is 11.3 Å². The van der Waals surface area contributed by atoms with Crippen molar-refractivity contribution >= 4 is 28.3 Å². The molecule has 0 unspecified atom stereocenters. The Morgan fingerprint density at radius 1 is 1.19 bits per heavy atom. The molecule has 1 fully saturated rings. The number of carboxylic acid groups (broad SMARTS) is 1. The fraction of sp³-hybridized carbons (Fsp3) is 0.350. The number of carbonyl (C=O) groups excluding carboxylic acids is 1. The summed E-state index contributed by atoms with van der Waals surface area (Å²) in [5.74, 6) is -2.29. The molecule has 2 aromatic rings.